The van der Waals surface area contributed by atoms with E-state index in [4.69, 9.17) is 9.47 Å². The van der Waals surface area contributed by atoms with E-state index < -0.39 is 23.8 Å². The van der Waals surface area contributed by atoms with Gasteiger partial charge >= 0.3 is 6.03 Å². The molecule has 2 saturated heterocycles. The lowest BCUT2D eigenvalue weighted by Crippen LogP contribution is -3.14. The maximum absolute atomic E-state index is 12.7. The Morgan fingerprint density at radius 2 is 1.96 bits per heavy atom. The first-order valence-corrected chi connectivity index (χ1v) is 8.84. The van der Waals surface area contributed by atoms with Crippen molar-refractivity contribution in [2.24, 2.45) is 10.9 Å². The van der Waals surface area contributed by atoms with Gasteiger partial charge in [0, 0.05) is 6.21 Å². The standard InChI is InChI=1S/C18H22N4O5/c1-26-14-4-2-13(3-5-14)22-17(24)15(16(23)20-18(22)25)12-19-6-7-21-8-10-27-11-9-21/h2-5,12,15H,6-11H2,1H3,(H,20,23,25)/p+1/t15-/m0/s1. The molecule has 4 amide bonds. The van der Waals surface area contributed by atoms with Crippen molar-refractivity contribution in [3.05, 3.63) is 24.3 Å². The van der Waals surface area contributed by atoms with Crippen molar-refractivity contribution in [1.82, 2.24) is 5.32 Å². The molecular formula is C18H23N4O5+. The van der Waals surface area contributed by atoms with Gasteiger partial charge in [-0.2, -0.15) is 0 Å². The summed E-state index contributed by atoms with van der Waals surface area (Å²) in [6, 6.07) is 5.68. The Balaban J connectivity index is 1.65. The molecule has 0 aliphatic carbocycles. The molecule has 0 bridgehead atoms. The highest BCUT2D eigenvalue weighted by molar-refractivity contribution is 6.32. The van der Waals surface area contributed by atoms with Crippen LogP contribution in [-0.4, -0.2) is 70.6 Å². The predicted octanol–water partition coefficient (Wildman–Crippen LogP) is -1.12. The van der Waals surface area contributed by atoms with Crippen molar-refractivity contribution in [2.75, 3.05) is 51.4 Å². The van der Waals surface area contributed by atoms with Crippen LogP contribution in [0.25, 0.3) is 0 Å². The fraction of sp³-hybridized carbons (Fsp3) is 0.444. The number of amides is 4. The van der Waals surface area contributed by atoms with Crippen LogP contribution < -0.4 is 19.9 Å². The number of morpholine rings is 1. The average Bonchev–Trinajstić information content (AvgIpc) is 2.68. The molecule has 27 heavy (non-hydrogen) atoms. The molecule has 1 aromatic carbocycles. The van der Waals surface area contributed by atoms with E-state index in [0.29, 0.717) is 18.0 Å². The number of barbiturate groups is 1. The number of methoxy groups -OCH3 is 1. The highest BCUT2D eigenvalue weighted by Crippen LogP contribution is 2.23. The van der Waals surface area contributed by atoms with Crippen molar-refractivity contribution in [2.45, 2.75) is 0 Å². The number of imide groups is 2. The Bertz CT molecular complexity index is 728. The summed E-state index contributed by atoms with van der Waals surface area (Å²) in [6.07, 6.45) is 1.33. The van der Waals surface area contributed by atoms with Crippen LogP contribution in [0.15, 0.2) is 29.3 Å². The molecule has 0 aromatic heterocycles. The van der Waals surface area contributed by atoms with Gasteiger partial charge in [-0.15, -0.1) is 0 Å². The zero-order valence-corrected chi connectivity index (χ0v) is 15.1. The first-order chi connectivity index (χ1) is 13.1. The zero-order valence-electron chi connectivity index (χ0n) is 15.1. The Kier molecular flexibility index (Phi) is 6.15. The van der Waals surface area contributed by atoms with E-state index in [1.165, 1.54) is 18.2 Å². The smallest absolute Gasteiger partial charge is 0.335 e. The summed E-state index contributed by atoms with van der Waals surface area (Å²) in [5.74, 6) is -1.79. The van der Waals surface area contributed by atoms with Crippen LogP contribution in [0.3, 0.4) is 0 Å². The fourth-order valence-corrected chi connectivity index (χ4v) is 3.01. The number of hydrogen-bond acceptors (Lipinski definition) is 6. The first kappa shape index (κ1) is 19.0. The quantitative estimate of drug-likeness (QED) is 0.485. The van der Waals surface area contributed by atoms with Crippen LogP contribution in [0.1, 0.15) is 0 Å². The lowest BCUT2D eigenvalue weighted by Gasteiger charge is -2.28. The number of carbonyl (C=O) groups excluding carboxylic acids is 3. The number of urea groups is 1. The second kappa shape index (κ2) is 8.74. The third-order valence-corrected chi connectivity index (χ3v) is 4.58. The number of hydrogen-bond donors (Lipinski definition) is 2. The van der Waals surface area contributed by atoms with E-state index in [-0.39, 0.29) is 0 Å². The highest BCUT2D eigenvalue weighted by Gasteiger charge is 2.40. The fourth-order valence-electron chi connectivity index (χ4n) is 3.01. The number of quaternary nitrogens is 1. The molecule has 9 heteroatoms. The molecule has 1 aromatic rings. The largest absolute Gasteiger partial charge is 0.497 e. The van der Waals surface area contributed by atoms with Crippen LogP contribution in [0.5, 0.6) is 5.75 Å². The van der Waals surface area contributed by atoms with Crippen LogP contribution in [0.4, 0.5) is 10.5 Å². The Morgan fingerprint density at radius 3 is 2.63 bits per heavy atom. The Hall–Kier alpha value is -2.78. The van der Waals surface area contributed by atoms with E-state index >= 15 is 0 Å². The molecule has 2 fully saturated rings. The summed E-state index contributed by atoms with van der Waals surface area (Å²) >= 11 is 0. The van der Waals surface area contributed by atoms with Crippen LogP contribution >= 0.6 is 0 Å². The van der Waals surface area contributed by atoms with Crippen molar-refractivity contribution in [1.29, 1.82) is 0 Å². The van der Waals surface area contributed by atoms with Crippen molar-refractivity contribution in [3.8, 4) is 5.75 Å². The number of nitrogens with one attached hydrogen (secondary N) is 2. The molecule has 0 spiro atoms. The maximum Gasteiger partial charge on any atom is 0.335 e. The van der Waals surface area contributed by atoms with Gasteiger partial charge in [0.25, 0.3) is 5.91 Å². The second-order valence-corrected chi connectivity index (χ2v) is 6.31. The van der Waals surface area contributed by atoms with E-state index in [1.807, 2.05) is 0 Å². The number of benzene rings is 1. The number of anilines is 1. The maximum atomic E-state index is 12.7. The molecule has 144 valence electrons. The summed E-state index contributed by atoms with van der Waals surface area (Å²) in [5, 5.41) is 2.21. The third kappa shape index (κ3) is 4.50. The summed E-state index contributed by atoms with van der Waals surface area (Å²) in [4.78, 5) is 43.5. The molecule has 0 unspecified atom stereocenters. The number of ether oxygens (including phenoxy) is 2. The molecule has 0 saturated carbocycles. The summed E-state index contributed by atoms with van der Waals surface area (Å²) in [6.45, 7) is 4.64. The Labute approximate surface area is 156 Å². The molecule has 9 nitrogen and oxygen atoms in total. The van der Waals surface area contributed by atoms with Gasteiger partial charge in [-0.05, 0) is 24.3 Å². The van der Waals surface area contributed by atoms with Crippen molar-refractivity contribution in [3.63, 3.8) is 0 Å². The molecule has 2 aliphatic rings. The van der Waals surface area contributed by atoms with Gasteiger partial charge in [-0.3, -0.25) is 19.9 Å². The van der Waals surface area contributed by atoms with Gasteiger partial charge in [0.2, 0.25) is 5.91 Å². The summed E-state index contributed by atoms with van der Waals surface area (Å²) < 4.78 is 10.4. The van der Waals surface area contributed by atoms with Crippen LogP contribution in [-0.2, 0) is 14.3 Å². The molecule has 3 rings (SSSR count). The molecule has 0 radical (unpaired) electrons. The van der Waals surface area contributed by atoms with Crippen LogP contribution in [0.2, 0.25) is 0 Å². The first-order valence-electron chi connectivity index (χ1n) is 8.84. The molecular weight excluding hydrogens is 352 g/mol. The van der Waals surface area contributed by atoms with Gasteiger partial charge < -0.3 is 14.4 Å². The minimum Gasteiger partial charge on any atom is -0.497 e. The van der Waals surface area contributed by atoms with Gasteiger partial charge in [0.05, 0.1) is 39.1 Å². The van der Waals surface area contributed by atoms with Crippen molar-refractivity contribution >= 4 is 29.7 Å². The predicted molar refractivity (Wildman–Crippen MR) is 97.3 cm³/mol. The van der Waals surface area contributed by atoms with Crippen LogP contribution in [0, 0.1) is 5.92 Å². The average molecular weight is 375 g/mol. The normalized spacial score (nSPS) is 21.6. The molecule has 1 atom stereocenters. The lowest BCUT2D eigenvalue weighted by molar-refractivity contribution is -0.906. The van der Waals surface area contributed by atoms with E-state index in [2.05, 4.69) is 10.3 Å². The Morgan fingerprint density at radius 1 is 1.26 bits per heavy atom. The number of carbonyl (C=O) groups is 3. The molecule has 2 aliphatic heterocycles. The number of rotatable bonds is 6. The van der Waals surface area contributed by atoms with E-state index in [1.54, 1.807) is 24.3 Å². The van der Waals surface area contributed by atoms with E-state index in [0.717, 1.165) is 37.7 Å². The highest BCUT2D eigenvalue weighted by atomic mass is 16.5. The van der Waals surface area contributed by atoms with Gasteiger partial charge in [-0.25, -0.2) is 9.69 Å². The summed E-state index contributed by atoms with van der Waals surface area (Å²) in [5.41, 5.74) is 0.363. The van der Waals surface area contributed by atoms with Gasteiger partial charge in [0.15, 0.2) is 5.92 Å². The van der Waals surface area contributed by atoms with Gasteiger partial charge in [-0.1, -0.05) is 0 Å². The minimum atomic E-state index is -1.12. The molecule has 2 heterocycles. The third-order valence-electron chi connectivity index (χ3n) is 4.58. The lowest BCUT2D eigenvalue weighted by atomic mass is 10.1. The van der Waals surface area contributed by atoms with Crippen molar-refractivity contribution < 1.29 is 28.8 Å². The number of nitrogens with zero attached hydrogens (tertiary/aromatic N) is 2. The summed E-state index contributed by atoms with van der Waals surface area (Å²) in [7, 11) is 1.53. The zero-order chi connectivity index (χ0) is 19.2. The van der Waals surface area contributed by atoms with E-state index in [9.17, 15) is 14.4 Å². The van der Waals surface area contributed by atoms with Gasteiger partial charge in [0.1, 0.15) is 18.8 Å². The molecule has 2 N–H and O–H groups in total. The SMILES string of the molecule is COc1ccc(N2C(=O)NC(=O)[C@H](C=NCC[NH+]3CCOCC3)C2=O)cc1. The number of aliphatic imine (C=N–C) groups is 1. The minimum absolute atomic E-state index is 0.363. The monoisotopic (exact) mass is 375 g/mol. The second-order valence-electron chi connectivity index (χ2n) is 6.31. The topological polar surface area (TPSA) is 102 Å².